The molecule has 0 radical (unpaired) electrons. The van der Waals surface area contributed by atoms with Crippen molar-refractivity contribution in [2.75, 3.05) is 5.32 Å². The summed E-state index contributed by atoms with van der Waals surface area (Å²) in [6, 6.07) is 16.9. The number of thioether (sulfide) groups is 1. The fraction of sp³-hybridized carbons (Fsp3) is 0.105. The van der Waals surface area contributed by atoms with Gasteiger partial charge in [-0.3, -0.25) is 19.7 Å². The number of carbonyl (C=O) groups is 3. The Kier molecular flexibility index (Phi) is 4.48. The van der Waals surface area contributed by atoms with Crippen molar-refractivity contribution in [2.45, 2.75) is 11.7 Å². The number of thiophene rings is 1. The highest BCUT2D eigenvalue weighted by atomic mass is 32.2. The van der Waals surface area contributed by atoms with Crippen LogP contribution in [0.1, 0.15) is 15.2 Å². The Morgan fingerprint density at radius 3 is 2.62 bits per heavy atom. The molecule has 5 nitrogen and oxygen atoms in total. The van der Waals surface area contributed by atoms with Gasteiger partial charge in [-0.25, -0.2) is 0 Å². The predicted molar refractivity (Wildman–Crippen MR) is 105 cm³/mol. The zero-order valence-corrected chi connectivity index (χ0v) is 15.2. The molecule has 1 aliphatic heterocycles. The lowest BCUT2D eigenvalue weighted by Crippen LogP contribution is -2.25. The van der Waals surface area contributed by atoms with Crippen molar-refractivity contribution in [1.82, 2.24) is 5.32 Å². The highest BCUT2D eigenvalue weighted by Gasteiger charge is 2.31. The zero-order valence-electron chi connectivity index (χ0n) is 13.5. The van der Waals surface area contributed by atoms with E-state index in [4.69, 9.17) is 0 Å². The Balaban J connectivity index is 1.53. The van der Waals surface area contributed by atoms with Crippen LogP contribution >= 0.6 is 23.1 Å². The number of benzene rings is 2. The van der Waals surface area contributed by atoms with E-state index in [9.17, 15) is 14.4 Å². The maximum absolute atomic E-state index is 12.4. The number of hydrogen-bond donors (Lipinski definition) is 2. The second-order valence-electron chi connectivity index (χ2n) is 5.87. The molecular weight excluding hydrogens is 368 g/mol. The summed E-state index contributed by atoms with van der Waals surface area (Å²) in [5.41, 5.74) is 1.33. The molecule has 2 aromatic carbocycles. The molecule has 4 rings (SSSR count). The number of nitrogens with one attached hydrogen (secondary N) is 2. The summed E-state index contributed by atoms with van der Waals surface area (Å²) in [6.07, 6.45) is 0.507. The van der Waals surface area contributed by atoms with E-state index in [-0.39, 0.29) is 22.3 Å². The average Bonchev–Trinajstić information content (AvgIpc) is 3.17. The Labute approximate surface area is 157 Å². The van der Waals surface area contributed by atoms with Gasteiger partial charge in [0.05, 0.1) is 5.25 Å². The molecule has 0 spiro atoms. The third-order valence-corrected chi connectivity index (χ3v) is 6.12. The fourth-order valence-corrected chi connectivity index (χ4v) is 4.86. The van der Waals surface area contributed by atoms with E-state index in [1.807, 2.05) is 48.5 Å². The highest BCUT2D eigenvalue weighted by molar-refractivity contribution is 8.15. The summed E-state index contributed by atoms with van der Waals surface area (Å²) >= 11 is 2.57. The number of para-hydroxylation sites is 1. The minimum absolute atomic E-state index is 0.163. The van der Waals surface area contributed by atoms with Gasteiger partial charge in [-0.05, 0) is 35.7 Å². The van der Waals surface area contributed by atoms with Gasteiger partial charge in [0.1, 0.15) is 0 Å². The van der Waals surface area contributed by atoms with Gasteiger partial charge in [0.25, 0.3) is 11.1 Å². The number of hydrogen-bond acceptors (Lipinski definition) is 5. The summed E-state index contributed by atoms with van der Waals surface area (Å²) in [5.74, 6) is -0.398. The Bertz CT molecular complexity index is 1010. The van der Waals surface area contributed by atoms with Crippen LogP contribution in [0.3, 0.4) is 0 Å². The Hall–Kier alpha value is -2.64. The van der Waals surface area contributed by atoms with Crippen molar-refractivity contribution >= 4 is 55.9 Å². The zero-order chi connectivity index (χ0) is 18.1. The number of amides is 3. The van der Waals surface area contributed by atoms with Gasteiger partial charge in [-0.1, -0.05) is 36.0 Å². The first kappa shape index (κ1) is 16.8. The van der Waals surface area contributed by atoms with Crippen LogP contribution in [0.4, 0.5) is 10.5 Å². The fourth-order valence-electron chi connectivity index (χ4n) is 2.76. The van der Waals surface area contributed by atoms with Crippen molar-refractivity contribution < 1.29 is 14.4 Å². The molecule has 0 saturated carbocycles. The summed E-state index contributed by atoms with van der Waals surface area (Å²) in [4.78, 5) is 36.4. The largest absolute Gasteiger partial charge is 0.322 e. The summed E-state index contributed by atoms with van der Waals surface area (Å²) in [5, 5.41) is 5.53. The van der Waals surface area contributed by atoms with E-state index in [1.54, 1.807) is 17.4 Å². The van der Waals surface area contributed by atoms with Gasteiger partial charge in [0.2, 0.25) is 5.91 Å². The van der Waals surface area contributed by atoms with Crippen molar-refractivity contribution in [3.63, 3.8) is 0 Å². The van der Waals surface area contributed by atoms with Crippen molar-refractivity contribution in [3.05, 3.63) is 65.0 Å². The van der Waals surface area contributed by atoms with E-state index >= 15 is 0 Å². The Morgan fingerprint density at radius 2 is 1.88 bits per heavy atom. The van der Waals surface area contributed by atoms with Crippen LogP contribution in [0, 0.1) is 0 Å². The first-order chi connectivity index (χ1) is 12.6. The maximum atomic E-state index is 12.4. The summed E-state index contributed by atoms with van der Waals surface area (Å²) in [6.45, 7) is 0. The number of rotatable bonds is 4. The highest BCUT2D eigenvalue weighted by Crippen LogP contribution is 2.31. The molecule has 1 aromatic heterocycles. The summed E-state index contributed by atoms with van der Waals surface area (Å²) < 4.78 is 0.982. The van der Waals surface area contributed by atoms with E-state index in [0.717, 1.165) is 32.4 Å². The lowest BCUT2D eigenvalue weighted by atomic mass is 10.1. The second kappa shape index (κ2) is 6.93. The minimum Gasteiger partial charge on any atom is -0.322 e. The molecule has 1 saturated heterocycles. The smallest absolute Gasteiger partial charge is 0.286 e. The van der Waals surface area contributed by atoms with Crippen LogP contribution in [0.15, 0.2) is 54.6 Å². The number of carbonyl (C=O) groups excluding carboxylic acids is 3. The monoisotopic (exact) mass is 382 g/mol. The second-order valence-corrected chi connectivity index (χ2v) is 8.22. The molecule has 1 fully saturated rings. The standard InChI is InChI=1S/C19H14N2O3S2/c22-17(20-13-4-2-1-3-5-13)12-7-6-11-8-14(25-15(11)9-12)10-16-18(23)21-19(24)26-16/h1-9,16H,10H2,(H,20,22)(H,21,23,24). The van der Waals surface area contributed by atoms with Crippen LogP contribution in [0.5, 0.6) is 0 Å². The van der Waals surface area contributed by atoms with E-state index in [1.165, 1.54) is 0 Å². The molecule has 7 heteroatoms. The van der Waals surface area contributed by atoms with E-state index in [0.29, 0.717) is 12.0 Å². The SMILES string of the molecule is O=C1NC(=O)C(Cc2cc3ccc(C(=O)Nc4ccccc4)cc3s2)S1. The lowest BCUT2D eigenvalue weighted by Gasteiger charge is -2.04. The molecular formula is C19H14N2O3S2. The van der Waals surface area contributed by atoms with Crippen LogP contribution in [-0.2, 0) is 11.2 Å². The third-order valence-electron chi connectivity index (χ3n) is 4.02. The molecule has 1 aliphatic rings. The van der Waals surface area contributed by atoms with Gasteiger partial charge in [-0.2, -0.15) is 0 Å². The molecule has 1 atom stereocenters. The van der Waals surface area contributed by atoms with Crippen molar-refractivity contribution in [2.24, 2.45) is 0 Å². The van der Waals surface area contributed by atoms with Crippen LogP contribution in [0.25, 0.3) is 10.1 Å². The third kappa shape index (κ3) is 3.49. The number of imide groups is 1. The molecule has 3 aromatic rings. The van der Waals surface area contributed by atoms with Crippen molar-refractivity contribution in [3.8, 4) is 0 Å². The molecule has 26 heavy (non-hydrogen) atoms. The van der Waals surface area contributed by atoms with Crippen LogP contribution in [-0.4, -0.2) is 22.3 Å². The maximum Gasteiger partial charge on any atom is 0.286 e. The summed E-state index contributed by atoms with van der Waals surface area (Å²) in [7, 11) is 0. The van der Waals surface area contributed by atoms with Gasteiger partial charge < -0.3 is 5.32 Å². The normalized spacial score (nSPS) is 16.7. The molecule has 1 unspecified atom stereocenters. The van der Waals surface area contributed by atoms with Gasteiger partial charge in [0.15, 0.2) is 0 Å². The Morgan fingerprint density at radius 1 is 1.08 bits per heavy atom. The molecule has 0 bridgehead atoms. The average molecular weight is 382 g/mol. The first-order valence-corrected chi connectivity index (χ1v) is 9.68. The molecule has 2 heterocycles. The molecule has 2 N–H and O–H groups in total. The van der Waals surface area contributed by atoms with E-state index < -0.39 is 0 Å². The van der Waals surface area contributed by atoms with Gasteiger partial charge >= 0.3 is 0 Å². The minimum atomic E-state index is -0.378. The van der Waals surface area contributed by atoms with Gasteiger partial charge in [-0.15, -0.1) is 11.3 Å². The predicted octanol–water partition coefficient (Wildman–Crippen LogP) is 4.05. The van der Waals surface area contributed by atoms with Crippen LogP contribution < -0.4 is 10.6 Å². The topological polar surface area (TPSA) is 75.3 Å². The first-order valence-electron chi connectivity index (χ1n) is 7.99. The van der Waals surface area contributed by atoms with Crippen molar-refractivity contribution in [1.29, 1.82) is 0 Å². The van der Waals surface area contributed by atoms with E-state index in [2.05, 4.69) is 10.6 Å². The molecule has 0 aliphatic carbocycles. The van der Waals surface area contributed by atoms with Crippen LogP contribution in [0.2, 0.25) is 0 Å². The molecule has 130 valence electrons. The molecule has 3 amide bonds. The number of anilines is 1. The number of fused-ring (bicyclic) bond motifs is 1. The quantitative estimate of drug-likeness (QED) is 0.714. The lowest BCUT2D eigenvalue weighted by molar-refractivity contribution is -0.118. The van der Waals surface area contributed by atoms with Gasteiger partial charge in [0, 0.05) is 27.2 Å².